The smallest absolute Gasteiger partial charge is 0.254 e. The average Bonchev–Trinajstić information content (AvgIpc) is 2.39. The van der Waals surface area contributed by atoms with Crippen molar-refractivity contribution in [2.24, 2.45) is 5.73 Å². The van der Waals surface area contributed by atoms with E-state index < -0.39 is 0 Å². The SMILES string of the molecule is CC(N)C1CCCCN1C(=O)c1ccc(F)cc1. The zero-order valence-corrected chi connectivity index (χ0v) is 10.6. The monoisotopic (exact) mass is 250 g/mol. The molecule has 2 rings (SSSR count). The minimum atomic E-state index is -0.325. The average molecular weight is 250 g/mol. The molecule has 1 fully saturated rings. The highest BCUT2D eigenvalue weighted by atomic mass is 19.1. The van der Waals surface area contributed by atoms with Crippen LogP contribution in [0.2, 0.25) is 0 Å². The highest BCUT2D eigenvalue weighted by molar-refractivity contribution is 5.94. The molecule has 1 amide bonds. The fraction of sp³-hybridized carbons (Fsp3) is 0.500. The molecule has 98 valence electrons. The number of benzene rings is 1. The van der Waals surface area contributed by atoms with E-state index >= 15 is 0 Å². The predicted molar refractivity (Wildman–Crippen MR) is 68.7 cm³/mol. The Morgan fingerprint density at radius 1 is 1.39 bits per heavy atom. The third-order valence-electron chi connectivity index (χ3n) is 3.51. The van der Waals surface area contributed by atoms with Gasteiger partial charge in [-0.1, -0.05) is 0 Å². The normalized spacial score (nSPS) is 21.7. The molecule has 0 radical (unpaired) electrons. The quantitative estimate of drug-likeness (QED) is 0.874. The summed E-state index contributed by atoms with van der Waals surface area (Å²) in [5.74, 6) is -0.370. The summed E-state index contributed by atoms with van der Waals surface area (Å²) < 4.78 is 12.9. The molecule has 2 N–H and O–H groups in total. The van der Waals surface area contributed by atoms with E-state index in [4.69, 9.17) is 5.73 Å². The summed E-state index contributed by atoms with van der Waals surface area (Å²) >= 11 is 0. The molecule has 1 heterocycles. The Morgan fingerprint density at radius 3 is 2.67 bits per heavy atom. The van der Waals surface area contributed by atoms with Gasteiger partial charge in [-0.3, -0.25) is 4.79 Å². The third kappa shape index (κ3) is 2.70. The summed E-state index contributed by atoms with van der Waals surface area (Å²) in [6.45, 7) is 2.67. The summed E-state index contributed by atoms with van der Waals surface area (Å²) in [6.07, 6.45) is 3.07. The van der Waals surface area contributed by atoms with Crippen LogP contribution in [0.3, 0.4) is 0 Å². The number of piperidine rings is 1. The molecule has 1 aliphatic heterocycles. The van der Waals surface area contributed by atoms with Gasteiger partial charge in [-0.2, -0.15) is 0 Å². The predicted octanol–water partition coefficient (Wildman–Crippen LogP) is 2.17. The van der Waals surface area contributed by atoms with Gasteiger partial charge in [0, 0.05) is 24.2 Å². The van der Waals surface area contributed by atoms with Gasteiger partial charge in [-0.25, -0.2) is 4.39 Å². The summed E-state index contributed by atoms with van der Waals surface area (Å²) in [4.78, 5) is 14.2. The van der Waals surface area contributed by atoms with E-state index in [0.29, 0.717) is 5.56 Å². The van der Waals surface area contributed by atoms with E-state index in [2.05, 4.69) is 0 Å². The van der Waals surface area contributed by atoms with Crippen molar-refractivity contribution in [3.8, 4) is 0 Å². The van der Waals surface area contributed by atoms with Gasteiger partial charge in [0.15, 0.2) is 0 Å². The van der Waals surface area contributed by atoms with E-state index in [1.54, 1.807) is 0 Å². The lowest BCUT2D eigenvalue weighted by molar-refractivity contribution is 0.0584. The van der Waals surface area contributed by atoms with Crippen molar-refractivity contribution in [2.45, 2.75) is 38.3 Å². The first-order valence-corrected chi connectivity index (χ1v) is 6.41. The largest absolute Gasteiger partial charge is 0.334 e. The molecular formula is C14H19FN2O. The molecule has 1 aliphatic rings. The number of nitrogens with zero attached hydrogens (tertiary/aromatic N) is 1. The molecule has 4 heteroatoms. The maximum absolute atomic E-state index is 12.9. The first kappa shape index (κ1) is 13.0. The molecule has 0 saturated carbocycles. The highest BCUT2D eigenvalue weighted by Gasteiger charge is 2.29. The number of hydrogen-bond donors (Lipinski definition) is 1. The van der Waals surface area contributed by atoms with Crippen LogP contribution >= 0.6 is 0 Å². The first-order chi connectivity index (χ1) is 8.59. The second-order valence-electron chi connectivity index (χ2n) is 4.93. The number of carbonyl (C=O) groups is 1. The van der Waals surface area contributed by atoms with Crippen LogP contribution in [0.15, 0.2) is 24.3 Å². The number of carbonyl (C=O) groups excluding carboxylic acids is 1. The van der Waals surface area contributed by atoms with Crippen LogP contribution < -0.4 is 5.73 Å². The lowest BCUT2D eigenvalue weighted by Gasteiger charge is -2.38. The topological polar surface area (TPSA) is 46.3 Å². The maximum atomic E-state index is 12.9. The van der Waals surface area contributed by atoms with Gasteiger partial charge in [-0.15, -0.1) is 0 Å². The summed E-state index contributed by atoms with van der Waals surface area (Å²) in [5, 5.41) is 0. The van der Waals surface area contributed by atoms with Gasteiger partial charge in [0.2, 0.25) is 0 Å². The Morgan fingerprint density at radius 2 is 2.06 bits per heavy atom. The van der Waals surface area contributed by atoms with Crippen LogP contribution in [-0.4, -0.2) is 29.4 Å². The van der Waals surface area contributed by atoms with Gasteiger partial charge in [0.1, 0.15) is 5.82 Å². The minimum Gasteiger partial charge on any atom is -0.334 e. The molecule has 1 aromatic carbocycles. The Hall–Kier alpha value is -1.42. The number of amides is 1. The zero-order chi connectivity index (χ0) is 13.1. The summed E-state index contributed by atoms with van der Waals surface area (Å²) in [7, 11) is 0. The Labute approximate surface area is 107 Å². The van der Waals surface area contributed by atoms with Gasteiger partial charge >= 0.3 is 0 Å². The van der Waals surface area contributed by atoms with Crippen molar-refractivity contribution in [1.29, 1.82) is 0 Å². The third-order valence-corrected chi connectivity index (χ3v) is 3.51. The van der Waals surface area contributed by atoms with E-state index in [-0.39, 0.29) is 23.8 Å². The number of halogens is 1. The molecule has 2 atom stereocenters. The van der Waals surface area contributed by atoms with E-state index in [0.717, 1.165) is 25.8 Å². The molecule has 1 saturated heterocycles. The van der Waals surface area contributed by atoms with E-state index in [1.807, 2.05) is 11.8 Å². The van der Waals surface area contributed by atoms with Crippen LogP contribution in [0.25, 0.3) is 0 Å². The molecule has 3 nitrogen and oxygen atoms in total. The second kappa shape index (κ2) is 5.48. The zero-order valence-electron chi connectivity index (χ0n) is 10.6. The van der Waals surface area contributed by atoms with Gasteiger partial charge in [0.25, 0.3) is 5.91 Å². The number of hydrogen-bond acceptors (Lipinski definition) is 2. The molecule has 0 spiro atoms. The molecule has 1 aromatic rings. The van der Waals surface area contributed by atoms with Crippen molar-refractivity contribution in [2.75, 3.05) is 6.54 Å². The summed E-state index contributed by atoms with van der Waals surface area (Å²) in [6, 6.07) is 5.76. The molecule has 0 bridgehead atoms. The lowest BCUT2D eigenvalue weighted by atomic mass is 9.96. The molecular weight excluding hydrogens is 231 g/mol. The van der Waals surface area contributed by atoms with Crippen LogP contribution in [0, 0.1) is 5.82 Å². The van der Waals surface area contributed by atoms with Crippen molar-refractivity contribution in [3.63, 3.8) is 0 Å². The number of nitrogens with two attached hydrogens (primary N) is 1. The molecule has 2 unspecified atom stereocenters. The number of rotatable bonds is 2. The highest BCUT2D eigenvalue weighted by Crippen LogP contribution is 2.21. The number of likely N-dealkylation sites (tertiary alicyclic amines) is 1. The van der Waals surface area contributed by atoms with Crippen LogP contribution in [-0.2, 0) is 0 Å². The van der Waals surface area contributed by atoms with Crippen molar-refractivity contribution in [3.05, 3.63) is 35.6 Å². The Bertz CT molecular complexity index is 416. The summed E-state index contributed by atoms with van der Waals surface area (Å²) in [5.41, 5.74) is 6.48. The fourth-order valence-corrected chi connectivity index (χ4v) is 2.51. The lowest BCUT2D eigenvalue weighted by Crippen LogP contribution is -2.51. The van der Waals surface area contributed by atoms with Gasteiger partial charge in [-0.05, 0) is 50.5 Å². The maximum Gasteiger partial charge on any atom is 0.254 e. The Balaban J connectivity index is 2.18. The minimum absolute atomic E-state index is 0.0327. The van der Waals surface area contributed by atoms with E-state index in [1.165, 1.54) is 24.3 Å². The van der Waals surface area contributed by atoms with Crippen molar-refractivity contribution >= 4 is 5.91 Å². The molecule has 18 heavy (non-hydrogen) atoms. The van der Waals surface area contributed by atoms with Gasteiger partial charge in [0.05, 0.1) is 0 Å². The second-order valence-corrected chi connectivity index (χ2v) is 4.93. The fourth-order valence-electron chi connectivity index (χ4n) is 2.51. The standard InChI is InChI=1S/C14H19FN2O/c1-10(16)13-4-2-3-9-17(13)14(18)11-5-7-12(15)8-6-11/h5-8,10,13H,2-4,9,16H2,1H3. The Kier molecular flexibility index (Phi) is 3.97. The molecule has 0 aliphatic carbocycles. The van der Waals surface area contributed by atoms with Crippen molar-refractivity contribution in [1.82, 2.24) is 4.90 Å². The van der Waals surface area contributed by atoms with Crippen LogP contribution in [0.4, 0.5) is 4.39 Å². The van der Waals surface area contributed by atoms with Crippen molar-refractivity contribution < 1.29 is 9.18 Å². The first-order valence-electron chi connectivity index (χ1n) is 6.41. The van der Waals surface area contributed by atoms with E-state index in [9.17, 15) is 9.18 Å². The molecule has 0 aromatic heterocycles. The van der Waals surface area contributed by atoms with Crippen LogP contribution in [0.1, 0.15) is 36.5 Å². The van der Waals surface area contributed by atoms with Gasteiger partial charge < -0.3 is 10.6 Å². The van der Waals surface area contributed by atoms with Crippen LogP contribution in [0.5, 0.6) is 0 Å².